The zero-order chi connectivity index (χ0) is 26.7. The zero-order valence-electron chi connectivity index (χ0n) is 20.9. The van der Waals surface area contributed by atoms with Crippen molar-refractivity contribution >= 4 is 58.0 Å². The van der Waals surface area contributed by atoms with Crippen LogP contribution < -0.4 is 15.0 Å². The van der Waals surface area contributed by atoms with Crippen LogP contribution in [0.5, 0.6) is 5.75 Å². The molecule has 1 aliphatic rings. The van der Waals surface area contributed by atoms with Crippen LogP contribution in [0.4, 0.5) is 11.4 Å². The molecule has 2 amide bonds. The van der Waals surface area contributed by atoms with Crippen molar-refractivity contribution in [3.63, 3.8) is 0 Å². The van der Waals surface area contributed by atoms with Crippen LogP contribution >= 0.6 is 34.8 Å². The highest BCUT2D eigenvalue weighted by atomic mass is 35.5. The summed E-state index contributed by atoms with van der Waals surface area (Å²) in [5.41, 5.74) is 4.72. The lowest BCUT2D eigenvalue weighted by Crippen LogP contribution is -2.48. The van der Waals surface area contributed by atoms with Gasteiger partial charge >= 0.3 is 0 Å². The Bertz CT molecular complexity index is 1290. The van der Waals surface area contributed by atoms with Gasteiger partial charge in [0.05, 0.1) is 10.0 Å². The van der Waals surface area contributed by atoms with E-state index in [1.54, 1.807) is 13.8 Å². The van der Waals surface area contributed by atoms with E-state index in [1.807, 2.05) is 60.4 Å². The van der Waals surface area contributed by atoms with Gasteiger partial charge in [0.25, 0.3) is 11.8 Å². The summed E-state index contributed by atoms with van der Waals surface area (Å²) in [6.07, 6.45) is 0. The number of anilines is 2. The lowest BCUT2D eigenvalue weighted by molar-refractivity contribution is -0.118. The highest BCUT2D eigenvalue weighted by Crippen LogP contribution is 2.42. The Morgan fingerprint density at radius 3 is 2.03 bits per heavy atom. The number of rotatable bonds is 6. The average Bonchev–Trinajstić information content (AvgIpc) is 2.91. The minimum Gasteiger partial charge on any atom is -0.481 e. The molecule has 1 N–H and O–H groups in total. The van der Waals surface area contributed by atoms with Gasteiger partial charge in [0.2, 0.25) is 0 Å². The van der Waals surface area contributed by atoms with Crippen LogP contribution in [0.15, 0.2) is 48.5 Å². The number of aryl methyl sites for hydroxylation is 1. The summed E-state index contributed by atoms with van der Waals surface area (Å²) in [4.78, 5) is 29.5. The summed E-state index contributed by atoms with van der Waals surface area (Å²) in [6, 6.07) is 15.3. The van der Waals surface area contributed by atoms with Gasteiger partial charge in [-0.1, -0.05) is 53.0 Å². The van der Waals surface area contributed by atoms with E-state index in [9.17, 15) is 9.59 Å². The normalized spacial score (nSPS) is 13.5. The first kappa shape index (κ1) is 27.1. The second-order valence-corrected chi connectivity index (χ2v) is 10.1. The molecule has 6 nitrogen and oxygen atoms in total. The molecule has 9 heteroatoms. The third-order valence-corrected chi connectivity index (χ3v) is 8.00. The second-order valence-electron chi connectivity index (χ2n) is 9.00. The largest absolute Gasteiger partial charge is 0.481 e. The first-order chi connectivity index (χ1) is 17.7. The maximum Gasteiger partial charge on any atom is 0.262 e. The maximum absolute atomic E-state index is 12.9. The number of hydrogen-bond acceptors (Lipinski definition) is 4. The summed E-state index contributed by atoms with van der Waals surface area (Å²) in [5, 5.41) is 3.88. The highest BCUT2D eigenvalue weighted by molar-refractivity contribution is 6.42. The number of nitrogens with zero attached hydrogens (tertiary/aromatic N) is 2. The van der Waals surface area contributed by atoms with Crippen molar-refractivity contribution in [3.8, 4) is 5.75 Å². The topological polar surface area (TPSA) is 61.9 Å². The van der Waals surface area contributed by atoms with Crippen molar-refractivity contribution < 1.29 is 14.3 Å². The van der Waals surface area contributed by atoms with Crippen molar-refractivity contribution in [2.75, 3.05) is 43.0 Å². The summed E-state index contributed by atoms with van der Waals surface area (Å²) >= 11 is 18.9. The van der Waals surface area contributed by atoms with E-state index in [1.165, 1.54) is 0 Å². The molecular formula is C28H28Cl3N3O3. The Kier molecular flexibility index (Phi) is 8.53. The quantitative estimate of drug-likeness (QED) is 0.371. The van der Waals surface area contributed by atoms with Crippen LogP contribution in [0, 0.1) is 20.8 Å². The molecule has 0 aromatic heterocycles. The maximum atomic E-state index is 12.9. The molecule has 0 bridgehead atoms. The molecule has 1 heterocycles. The van der Waals surface area contributed by atoms with E-state index in [0.29, 0.717) is 45.0 Å². The predicted octanol–water partition coefficient (Wildman–Crippen LogP) is 6.55. The molecular weight excluding hydrogens is 533 g/mol. The van der Waals surface area contributed by atoms with E-state index in [-0.39, 0.29) is 24.2 Å². The minimum atomic E-state index is -0.339. The fraction of sp³-hybridized carbons (Fsp3) is 0.286. The van der Waals surface area contributed by atoms with Gasteiger partial charge in [0.1, 0.15) is 0 Å². The van der Waals surface area contributed by atoms with Crippen LogP contribution in [0.2, 0.25) is 15.1 Å². The van der Waals surface area contributed by atoms with Crippen LogP contribution in [0.1, 0.15) is 27.0 Å². The minimum absolute atomic E-state index is 0.0736. The van der Waals surface area contributed by atoms with E-state index in [2.05, 4.69) is 10.2 Å². The average molecular weight is 561 g/mol. The van der Waals surface area contributed by atoms with Crippen LogP contribution in [-0.4, -0.2) is 49.5 Å². The first-order valence-electron chi connectivity index (χ1n) is 11.9. The van der Waals surface area contributed by atoms with Crippen molar-refractivity contribution in [1.82, 2.24) is 4.90 Å². The predicted molar refractivity (Wildman–Crippen MR) is 151 cm³/mol. The van der Waals surface area contributed by atoms with Crippen molar-refractivity contribution in [2.24, 2.45) is 0 Å². The molecule has 0 unspecified atom stereocenters. The number of amides is 2. The SMILES string of the molecule is Cc1ccccc1C(=O)N1CCN(c2ccc(NC(=O)COc3c(Cl)c(C)c(Cl)c(C)c3Cl)cc2)CC1. The smallest absolute Gasteiger partial charge is 0.262 e. The number of carbonyl (C=O) groups excluding carboxylic acids is 2. The Morgan fingerprint density at radius 2 is 1.43 bits per heavy atom. The molecule has 0 radical (unpaired) electrons. The standard InChI is InChI=1S/C28H28Cl3N3O3/c1-17-6-4-5-7-22(17)28(36)34-14-12-33(13-15-34)21-10-8-20(9-11-21)32-23(35)16-37-27-25(30)18(2)24(29)19(3)26(27)31/h4-11H,12-16H2,1-3H3,(H,32,35). The number of nitrogens with one attached hydrogen (secondary N) is 1. The molecule has 3 aromatic rings. The molecule has 4 rings (SSSR count). The molecule has 0 saturated carbocycles. The number of benzene rings is 3. The van der Waals surface area contributed by atoms with E-state index in [4.69, 9.17) is 39.5 Å². The Hall–Kier alpha value is -2.93. The first-order valence-corrected chi connectivity index (χ1v) is 13.1. The summed E-state index contributed by atoms with van der Waals surface area (Å²) < 4.78 is 5.63. The van der Waals surface area contributed by atoms with Crippen molar-refractivity contribution in [1.29, 1.82) is 0 Å². The molecule has 0 aliphatic carbocycles. The Balaban J connectivity index is 1.30. The number of halogens is 3. The fourth-order valence-electron chi connectivity index (χ4n) is 4.28. The van der Waals surface area contributed by atoms with Crippen molar-refractivity contribution in [3.05, 3.63) is 85.9 Å². The van der Waals surface area contributed by atoms with Crippen LogP contribution in [-0.2, 0) is 4.79 Å². The molecule has 37 heavy (non-hydrogen) atoms. The Labute approximate surface area is 232 Å². The second kappa shape index (κ2) is 11.6. The molecule has 194 valence electrons. The van der Waals surface area contributed by atoms with Crippen LogP contribution in [0.3, 0.4) is 0 Å². The molecule has 1 fully saturated rings. The lowest BCUT2D eigenvalue weighted by atomic mass is 10.1. The number of piperazine rings is 1. The summed E-state index contributed by atoms with van der Waals surface area (Å²) in [7, 11) is 0. The molecule has 0 spiro atoms. The van der Waals surface area contributed by atoms with Gasteiger partial charge in [0.15, 0.2) is 12.4 Å². The summed E-state index contributed by atoms with van der Waals surface area (Å²) in [6.45, 7) is 8.01. The molecule has 1 saturated heterocycles. The lowest BCUT2D eigenvalue weighted by Gasteiger charge is -2.36. The molecule has 3 aromatic carbocycles. The molecule has 1 aliphatic heterocycles. The van der Waals surface area contributed by atoms with Gasteiger partial charge in [-0.05, 0) is 67.8 Å². The third kappa shape index (κ3) is 5.98. The highest BCUT2D eigenvalue weighted by Gasteiger charge is 2.23. The fourth-order valence-corrected chi connectivity index (χ4v) is 5.10. The van der Waals surface area contributed by atoms with Gasteiger partial charge in [-0.2, -0.15) is 0 Å². The summed E-state index contributed by atoms with van der Waals surface area (Å²) in [5.74, 6) is -0.0220. The van der Waals surface area contributed by atoms with Gasteiger partial charge in [-0.25, -0.2) is 0 Å². The van der Waals surface area contributed by atoms with Gasteiger partial charge < -0.3 is 19.9 Å². The third-order valence-electron chi connectivity index (χ3n) is 6.52. The monoisotopic (exact) mass is 559 g/mol. The Morgan fingerprint density at radius 1 is 0.838 bits per heavy atom. The molecule has 0 atom stereocenters. The van der Waals surface area contributed by atoms with Crippen molar-refractivity contribution in [2.45, 2.75) is 20.8 Å². The van der Waals surface area contributed by atoms with Gasteiger partial charge in [-0.15, -0.1) is 0 Å². The van der Waals surface area contributed by atoms with Crippen LogP contribution in [0.25, 0.3) is 0 Å². The number of ether oxygens (including phenoxy) is 1. The van der Waals surface area contributed by atoms with Gasteiger partial charge in [-0.3, -0.25) is 9.59 Å². The van der Waals surface area contributed by atoms with E-state index >= 15 is 0 Å². The number of hydrogen-bond donors (Lipinski definition) is 1. The van der Waals surface area contributed by atoms with Gasteiger partial charge in [0, 0.05) is 48.1 Å². The zero-order valence-corrected chi connectivity index (χ0v) is 23.2. The van der Waals surface area contributed by atoms with E-state index < -0.39 is 0 Å². The number of carbonyl (C=O) groups is 2. The van der Waals surface area contributed by atoms with E-state index in [0.717, 1.165) is 29.9 Å².